The highest BCUT2D eigenvalue weighted by Gasteiger charge is 2.41. The molecular formula is C22H18ClNO. The van der Waals surface area contributed by atoms with Crippen LogP contribution in [0, 0.1) is 6.92 Å². The Balaban J connectivity index is 1.94. The third kappa shape index (κ3) is 1.86. The molecule has 0 atom stereocenters. The minimum atomic E-state index is -0.120. The van der Waals surface area contributed by atoms with Crippen molar-refractivity contribution in [1.82, 2.24) is 0 Å². The molecule has 0 saturated heterocycles. The van der Waals surface area contributed by atoms with Crippen molar-refractivity contribution >= 4 is 28.7 Å². The third-order valence-electron chi connectivity index (χ3n) is 5.41. The van der Waals surface area contributed by atoms with Crippen LogP contribution in [-0.4, -0.2) is 0 Å². The predicted molar refractivity (Wildman–Crippen MR) is 103 cm³/mol. The van der Waals surface area contributed by atoms with Crippen molar-refractivity contribution in [1.29, 1.82) is 0 Å². The minimum Gasteiger partial charge on any atom is -0.453 e. The summed E-state index contributed by atoms with van der Waals surface area (Å²) in [7, 11) is 0. The second-order valence-corrected chi connectivity index (χ2v) is 7.73. The number of aryl methyl sites for hydroxylation is 1. The van der Waals surface area contributed by atoms with Gasteiger partial charge in [-0.25, -0.2) is 0 Å². The first kappa shape index (κ1) is 14.9. The molecule has 0 spiro atoms. The molecule has 0 amide bonds. The lowest BCUT2D eigenvalue weighted by atomic mass is 9.73. The van der Waals surface area contributed by atoms with Crippen molar-refractivity contribution in [2.75, 3.05) is 4.90 Å². The molecule has 0 radical (unpaired) electrons. The fourth-order valence-electron chi connectivity index (χ4n) is 4.18. The zero-order chi connectivity index (χ0) is 17.3. The lowest BCUT2D eigenvalue weighted by Crippen LogP contribution is -2.32. The molecule has 124 valence electrons. The highest BCUT2D eigenvalue weighted by Crippen LogP contribution is 2.60. The maximum atomic E-state index is 6.39. The van der Waals surface area contributed by atoms with E-state index in [4.69, 9.17) is 16.3 Å². The molecule has 0 fully saturated rings. The van der Waals surface area contributed by atoms with Gasteiger partial charge < -0.3 is 9.64 Å². The molecule has 5 rings (SSSR count). The van der Waals surface area contributed by atoms with Gasteiger partial charge in [-0.05, 0) is 47.9 Å². The van der Waals surface area contributed by atoms with Gasteiger partial charge in [0.25, 0.3) is 0 Å². The number of anilines is 3. The van der Waals surface area contributed by atoms with Gasteiger partial charge in [0.2, 0.25) is 0 Å². The summed E-state index contributed by atoms with van der Waals surface area (Å²) in [6.07, 6.45) is 0. The van der Waals surface area contributed by atoms with Gasteiger partial charge in [0.05, 0.1) is 17.1 Å². The zero-order valence-corrected chi connectivity index (χ0v) is 15.2. The number of para-hydroxylation sites is 2. The average Bonchev–Trinajstić information content (AvgIpc) is 2.58. The third-order valence-corrected chi connectivity index (χ3v) is 5.65. The van der Waals surface area contributed by atoms with Crippen LogP contribution in [0.2, 0.25) is 5.02 Å². The number of nitrogens with zero attached hydrogens (tertiary/aromatic N) is 1. The highest BCUT2D eigenvalue weighted by atomic mass is 35.5. The Kier molecular flexibility index (Phi) is 2.85. The molecule has 3 aromatic carbocycles. The fourth-order valence-corrected chi connectivity index (χ4v) is 4.34. The largest absolute Gasteiger partial charge is 0.453 e. The minimum absolute atomic E-state index is 0.120. The molecule has 0 aromatic heterocycles. The van der Waals surface area contributed by atoms with E-state index in [1.54, 1.807) is 0 Å². The van der Waals surface area contributed by atoms with Crippen LogP contribution in [0.25, 0.3) is 0 Å². The molecule has 0 bridgehead atoms. The van der Waals surface area contributed by atoms with Crippen LogP contribution in [0.1, 0.15) is 30.5 Å². The summed E-state index contributed by atoms with van der Waals surface area (Å²) in [5.74, 6) is 1.78. The van der Waals surface area contributed by atoms with Gasteiger partial charge in [0.1, 0.15) is 0 Å². The van der Waals surface area contributed by atoms with E-state index in [0.717, 1.165) is 33.6 Å². The molecule has 0 N–H and O–H groups in total. The number of halogens is 1. The van der Waals surface area contributed by atoms with E-state index in [2.05, 4.69) is 56.0 Å². The number of rotatable bonds is 0. The Bertz CT molecular complexity index is 1040. The van der Waals surface area contributed by atoms with E-state index < -0.39 is 0 Å². The van der Waals surface area contributed by atoms with Crippen molar-refractivity contribution < 1.29 is 4.74 Å². The van der Waals surface area contributed by atoms with Gasteiger partial charge in [-0.2, -0.15) is 0 Å². The van der Waals surface area contributed by atoms with Gasteiger partial charge >= 0.3 is 0 Å². The molecule has 3 aromatic rings. The zero-order valence-electron chi connectivity index (χ0n) is 14.4. The Labute approximate surface area is 152 Å². The van der Waals surface area contributed by atoms with Crippen molar-refractivity contribution in [2.45, 2.75) is 26.2 Å². The quantitative estimate of drug-likeness (QED) is 0.344. The summed E-state index contributed by atoms with van der Waals surface area (Å²) in [4.78, 5) is 2.32. The second kappa shape index (κ2) is 4.80. The highest BCUT2D eigenvalue weighted by molar-refractivity contribution is 6.31. The lowest BCUT2D eigenvalue weighted by molar-refractivity contribution is 0.471. The number of benzene rings is 3. The number of hydrogen-bond acceptors (Lipinski definition) is 2. The van der Waals surface area contributed by atoms with Crippen LogP contribution in [0.5, 0.6) is 11.5 Å². The normalized spacial score (nSPS) is 15.8. The second-order valence-electron chi connectivity index (χ2n) is 7.30. The van der Waals surface area contributed by atoms with Crippen molar-refractivity contribution in [2.24, 2.45) is 0 Å². The molecule has 2 heterocycles. The first-order valence-corrected chi connectivity index (χ1v) is 8.87. The molecular weight excluding hydrogens is 330 g/mol. The first-order chi connectivity index (χ1) is 12.0. The van der Waals surface area contributed by atoms with Crippen LogP contribution in [0.15, 0.2) is 54.6 Å². The molecule has 0 saturated carbocycles. The SMILES string of the molecule is Cc1cccc2c1N1c3cc(Cl)ccc3C(C)(C)c3cccc(c31)O2. The van der Waals surface area contributed by atoms with Gasteiger partial charge in [0.15, 0.2) is 11.5 Å². The fraction of sp³-hybridized carbons (Fsp3) is 0.182. The summed E-state index contributed by atoms with van der Waals surface area (Å²) in [6.45, 7) is 6.65. The summed E-state index contributed by atoms with van der Waals surface area (Å²) >= 11 is 6.39. The standard InChI is InChI=1S/C22H18ClNO/c1-13-6-4-8-18-20(13)24-17-12-14(23)10-11-15(17)22(2,3)16-7-5-9-19(25-18)21(16)24/h4-12H,1-3H3. The van der Waals surface area contributed by atoms with Crippen molar-refractivity contribution in [3.05, 3.63) is 76.3 Å². The van der Waals surface area contributed by atoms with Crippen molar-refractivity contribution in [3.63, 3.8) is 0 Å². The summed E-state index contributed by atoms with van der Waals surface area (Å²) in [5.41, 5.74) is 6.97. The molecule has 2 aliphatic rings. The van der Waals surface area contributed by atoms with Crippen LogP contribution in [0.3, 0.4) is 0 Å². The van der Waals surface area contributed by atoms with Crippen molar-refractivity contribution in [3.8, 4) is 11.5 Å². The van der Waals surface area contributed by atoms with Crippen LogP contribution < -0.4 is 9.64 Å². The van der Waals surface area contributed by atoms with Gasteiger partial charge in [-0.15, -0.1) is 0 Å². The van der Waals surface area contributed by atoms with Gasteiger partial charge in [-0.1, -0.05) is 55.8 Å². The number of ether oxygens (including phenoxy) is 1. The van der Waals surface area contributed by atoms with Gasteiger partial charge in [0, 0.05) is 10.4 Å². The van der Waals surface area contributed by atoms with Crippen LogP contribution >= 0.6 is 11.6 Å². The Morgan fingerprint density at radius 3 is 2.40 bits per heavy atom. The van der Waals surface area contributed by atoms with E-state index in [-0.39, 0.29) is 5.41 Å². The smallest absolute Gasteiger partial charge is 0.151 e. The van der Waals surface area contributed by atoms with E-state index in [1.807, 2.05) is 24.3 Å². The molecule has 0 unspecified atom stereocenters. The van der Waals surface area contributed by atoms with E-state index in [1.165, 1.54) is 16.7 Å². The molecule has 2 aliphatic heterocycles. The maximum absolute atomic E-state index is 6.39. The summed E-state index contributed by atoms with van der Waals surface area (Å²) in [5, 5.41) is 0.747. The molecule has 0 aliphatic carbocycles. The van der Waals surface area contributed by atoms with Crippen LogP contribution in [-0.2, 0) is 5.41 Å². The van der Waals surface area contributed by atoms with E-state index in [0.29, 0.717) is 0 Å². The topological polar surface area (TPSA) is 12.5 Å². The lowest BCUT2D eigenvalue weighted by Gasteiger charge is -2.45. The number of fused-ring (bicyclic) bond motifs is 4. The molecule has 2 nitrogen and oxygen atoms in total. The summed E-state index contributed by atoms with van der Waals surface area (Å²) in [6, 6.07) is 18.7. The molecule has 3 heteroatoms. The Hall–Kier alpha value is -2.45. The Morgan fingerprint density at radius 1 is 0.880 bits per heavy atom. The maximum Gasteiger partial charge on any atom is 0.151 e. The van der Waals surface area contributed by atoms with Gasteiger partial charge in [-0.3, -0.25) is 0 Å². The summed E-state index contributed by atoms with van der Waals surface area (Å²) < 4.78 is 6.27. The molecule has 25 heavy (non-hydrogen) atoms. The monoisotopic (exact) mass is 347 g/mol. The Morgan fingerprint density at radius 2 is 1.60 bits per heavy atom. The predicted octanol–water partition coefficient (Wildman–Crippen LogP) is 6.86. The van der Waals surface area contributed by atoms with E-state index in [9.17, 15) is 0 Å². The first-order valence-electron chi connectivity index (χ1n) is 8.49. The van der Waals surface area contributed by atoms with Crippen LogP contribution in [0.4, 0.5) is 17.1 Å². The van der Waals surface area contributed by atoms with E-state index >= 15 is 0 Å². The average molecular weight is 348 g/mol. The number of hydrogen-bond donors (Lipinski definition) is 0.